The van der Waals surface area contributed by atoms with Gasteiger partial charge in [-0.15, -0.1) is 0 Å². The van der Waals surface area contributed by atoms with E-state index in [2.05, 4.69) is 16.7 Å². The van der Waals surface area contributed by atoms with Gasteiger partial charge in [0.25, 0.3) is 0 Å². The van der Waals surface area contributed by atoms with Crippen molar-refractivity contribution in [1.29, 1.82) is 5.26 Å². The molecule has 126 valence electrons. The van der Waals surface area contributed by atoms with Crippen molar-refractivity contribution >= 4 is 23.2 Å². The summed E-state index contributed by atoms with van der Waals surface area (Å²) >= 11 is 6.15. The lowest BCUT2D eigenvalue weighted by molar-refractivity contribution is -0.121. The number of methoxy groups -OCH3 is 2. The zero-order valence-corrected chi connectivity index (χ0v) is 14.7. The van der Waals surface area contributed by atoms with Gasteiger partial charge in [-0.25, -0.2) is 0 Å². The number of hydrogen-bond donors (Lipinski definition) is 2. The molecule has 1 atom stereocenters. The molecule has 0 spiro atoms. The maximum absolute atomic E-state index is 12.1. The van der Waals surface area contributed by atoms with Crippen molar-refractivity contribution in [3.05, 3.63) is 17.2 Å². The van der Waals surface area contributed by atoms with Gasteiger partial charge in [0.2, 0.25) is 5.91 Å². The average molecular weight is 340 g/mol. The first-order valence-corrected chi connectivity index (χ1v) is 7.52. The Kier molecular flexibility index (Phi) is 6.52. The van der Waals surface area contributed by atoms with Crippen molar-refractivity contribution in [3.8, 4) is 17.6 Å². The SMILES string of the molecule is COc1cc(Cl)c(NCC(=O)N[C@](C)(C#N)C(C)C)cc1OC. The summed E-state index contributed by atoms with van der Waals surface area (Å²) in [6, 6.07) is 5.39. The Morgan fingerprint density at radius 3 is 2.39 bits per heavy atom. The minimum Gasteiger partial charge on any atom is -0.493 e. The maximum atomic E-state index is 12.1. The molecule has 0 unspecified atom stereocenters. The van der Waals surface area contributed by atoms with E-state index in [9.17, 15) is 10.1 Å². The molecule has 2 N–H and O–H groups in total. The monoisotopic (exact) mass is 339 g/mol. The number of halogens is 1. The number of benzene rings is 1. The van der Waals surface area contributed by atoms with Crippen molar-refractivity contribution in [2.45, 2.75) is 26.3 Å². The number of nitrogens with zero attached hydrogens (tertiary/aromatic N) is 1. The third-order valence-electron chi connectivity index (χ3n) is 3.70. The summed E-state index contributed by atoms with van der Waals surface area (Å²) in [5.74, 6) is 0.697. The number of carbonyl (C=O) groups is 1. The fraction of sp³-hybridized carbons (Fsp3) is 0.500. The lowest BCUT2D eigenvalue weighted by Crippen LogP contribution is -2.50. The molecular formula is C16H22ClN3O3. The highest BCUT2D eigenvalue weighted by Crippen LogP contribution is 2.35. The predicted octanol–water partition coefficient (Wildman–Crippen LogP) is 2.82. The van der Waals surface area contributed by atoms with Crippen LogP contribution in [0.25, 0.3) is 0 Å². The van der Waals surface area contributed by atoms with Gasteiger partial charge in [-0.1, -0.05) is 25.4 Å². The van der Waals surface area contributed by atoms with Gasteiger partial charge in [0.1, 0.15) is 5.54 Å². The number of carbonyl (C=O) groups excluding carboxylic acids is 1. The van der Waals surface area contributed by atoms with Gasteiger partial charge in [0.15, 0.2) is 11.5 Å². The number of hydrogen-bond acceptors (Lipinski definition) is 5. The minimum absolute atomic E-state index is 0.0129. The molecule has 6 nitrogen and oxygen atoms in total. The van der Waals surface area contributed by atoms with Crippen molar-refractivity contribution in [2.24, 2.45) is 5.92 Å². The summed E-state index contributed by atoms with van der Waals surface area (Å²) in [4.78, 5) is 12.1. The van der Waals surface area contributed by atoms with E-state index in [1.54, 1.807) is 19.1 Å². The van der Waals surface area contributed by atoms with Crippen LogP contribution in [0.15, 0.2) is 12.1 Å². The standard InChI is InChI=1S/C16H22ClN3O3/c1-10(2)16(3,9-18)20-15(21)8-19-12-7-14(23-5)13(22-4)6-11(12)17/h6-7,10,19H,8H2,1-5H3,(H,20,21)/t16-/m1/s1. The molecule has 0 radical (unpaired) electrons. The zero-order chi connectivity index (χ0) is 17.6. The minimum atomic E-state index is -0.917. The highest BCUT2D eigenvalue weighted by atomic mass is 35.5. The summed E-state index contributed by atoms with van der Waals surface area (Å²) in [7, 11) is 3.03. The fourth-order valence-electron chi connectivity index (χ4n) is 1.80. The van der Waals surface area contributed by atoms with Crippen LogP contribution in [0.2, 0.25) is 5.02 Å². The first-order valence-electron chi connectivity index (χ1n) is 7.15. The van der Waals surface area contributed by atoms with Crippen LogP contribution >= 0.6 is 11.6 Å². The largest absolute Gasteiger partial charge is 0.493 e. The molecule has 0 saturated carbocycles. The number of nitrogens with one attached hydrogen (secondary N) is 2. The van der Waals surface area contributed by atoms with E-state index in [-0.39, 0.29) is 18.4 Å². The Balaban J connectivity index is 2.79. The first-order chi connectivity index (χ1) is 10.8. The van der Waals surface area contributed by atoms with Gasteiger partial charge in [0, 0.05) is 12.1 Å². The van der Waals surface area contributed by atoms with Crippen LogP contribution in [0.3, 0.4) is 0 Å². The van der Waals surface area contributed by atoms with Crippen LogP contribution in [-0.4, -0.2) is 32.2 Å². The summed E-state index contributed by atoms with van der Waals surface area (Å²) in [5, 5.41) is 15.3. The molecule has 0 fully saturated rings. The summed E-state index contributed by atoms with van der Waals surface area (Å²) in [6.45, 7) is 5.43. The smallest absolute Gasteiger partial charge is 0.240 e. The Labute approximate surface area is 141 Å². The third-order valence-corrected chi connectivity index (χ3v) is 4.01. The Morgan fingerprint density at radius 2 is 1.91 bits per heavy atom. The van der Waals surface area contributed by atoms with Gasteiger partial charge >= 0.3 is 0 Å². The number of rotatable bonds is 7. The van der Waals surface area contributed by atoms with Crippen LogP contribution in [-0.2, 0) is 4.79 Å². The van der Waals surface area contributed by atoms with Crippen LogP contribution in [0.1, 0.15) is 20.8 Å². The topological polar surface area (TPSA) is 83.4 Å². The van der Waals surface area contributed by atoms with Crippen LogP contribution < -0.4 is 20.1 Å². The van der Waals surface area contributed by atoms with Gasteiger partial charge < -0.3 is 20.1 Å². The van der Waals surface area contributed by atoms with E-state index in [1.165, 1.54) is 14.2 Å². The van der Waals surface area contributed by atoms with Gasteiger partial charge in [0.05, 0.1) is 37.5 Å². The predicted molar refractivity (Wildman–Crippen MR) is 90.0 cm³/mol. The van der Waals surface area contributed by atoms with Crippen LogP contribution in [0.4, 0.5) is 5.69 Å². The van der Waals surface area contributed by atoms with Crippen LogP contribution in [0, 0.1) is 17.2 Å². The van der Waals surface area contributed by atoms with Crippen molar-refractivity contribution in [2.75, 3.05) is 26.1 Å². The average Bonchev–Trinajstić information content (AvgIpc) is 2.52. The quantitative estimate of drug-likeness (QED) is 0.798. The fourth-order valence-corrected chi connectivity index (χ4v) is 2.02. The molecule has 0 aliphatic rings. The van der Waals surface area contributed by atoms with E-state index >= 15 is 0 Å². The molecule has 1 aromatic carbocycles. The third kappa shape index (κ3) is 4.67. The van der Waals surface area contributed by atoms with E-state index in [1.807, 2.05) is 13.8 Å². The van der Waals surface area contributed by atoms with Gasteiger partial charge in [-0.05, 0) is 12.8 Å². The number of anilines is 1. The summed E-state index contributed by atoms with van der Waals surface area (Å²) in [6.07, 6.45) is 0. The van der Waals surface area contributed by atoms with E-state index in [0.717, 1.165) is 0 Å². The highest BCUT2D eigenvalue weighted by molar-refractivity contribution is 6.33. The summed E-state index contributed by atoms with van der Waals surface area (Å²) < 4.78 is 10.4. The van der Waals surface area contributed by atoms with E-state index < -0.39 is 5.54 Å². The maximum Gasteiger partial charge on any atom is 0.240 e. The second-order valence-electron chi connectivity index (χ2n) is 5.56. The zero-order valence-electron chi connectivity index (χ0n) is 14.0. The van der Waals surface area contributed by atoms with Gasteiger partial charge in [-0.2, -0.15) is 5.26 Å². The second-order valence-corrected chi connectivity index (χ2v) is 5.96. The number of amides is 1. The molecule has 1 amide bonds. The van der Waals surface area contributed by atoms with E-state index in [0.29, 0.717) is 22.2 Å². The normalized spacial score (nSPS) is 13.0. The lowest BCUT2D eigenvalue weighted by atomic mass is 9.90. The van der Waals surface area contributed by atoms with Crippen LogP contribution in [0.5, 0.6) is 11.5 Å². The second kappa shape index (κ2) is 7.93. The summed E-state index contributed by atoms with van der Waals surface area (Å²) in [5.41, 5.74) is -0.372. The molecule has 23 heavy (non-hydrogen) atoms. The van der Waals surface area contributed by atoms with Crippen molar-refractivity contribution in [3.63, 3.8) is 0 Å². The molecule has 1 rings (SSSR count). The van der Waals surface area contributed by atoms with Gasteiger partial charge in [-0.3, -0.25) is 4.79 Å². The van der Waals surface area contributed by atoms with Crippen molar-refractivity contribution < 1.29 is 14.3 Å². The highest BCUT2D eigenvalue weighted by Gasteiger charge is 2.29. The lowest BCUT2D eigenvalue weighted by Gasteiger charge is -2.27. The van der Waals surface area contributed by atoms with Crippen molar-refractivity contribution in [1.82, 2.24) is 5.32 Å². The van der Waals surface area contributed by atoms with E-state index in [4.69, 9.17) is 21.1 Å². The Bertz CT molecular complexity index is 613. The molecule has 0 saturated heterocycles. The number of ether oxygens (including phenoxy) is 2. The first kappa shape index (κ1) is 18.9. The molecular weight excluding hydrogens is 318 g/mol. The number of nitriles is 1. The Hall–Kier alpha value is -2.13. The molecule has 7 heteroatoms. The Morgan fingerprint density at radius 1 is 1.35 bits per heavy atom. The molecule has 1 aromatic rings. The molecule has 0 aliphatic heterocycles. The molecule has 0 aliphatic carbocycles. The molecule has 0 heterocycles. The molecule has 0 bridgehead atoms. The molecule has 0 aromatic heterocycles.